The van der Waals surface area contributed by atoms with Crippen LogP contribution in [0, 0.1) is 5.92 Å². The van der Waals surface area contributed by atoms with E-state index in [1.807, 2.05) is 0 Å². The molecule has 1 aromatic rings. The monoisotopic (exact) mass is 880 g/mol. The quantitative estimate of drug-likeness (QED) is 0.0463. The van der Waals surface area contributed by atoms with Crippen LogP contribution in [0.15, 0.2) is 30.3 Å². The van der Waals surface area contributed by atoms with Gasteiger partial charge in [0.05, 0.1) is 25.2 Å². The number of hydrogen-bond donors (Lipinski definition) is 0. The number of rotatable bonds is 46. The number of halogens is 1. The summed E-state index contributed by atoms with van der Waals surface area (Å²) in [4.78, 5) is 0. The van der Waals surface area contributed by atoms with E-state index in [4.69, 9.17) is 0 Å². The van der Waals surface area contributed by atoms with Crippen molar-refractivity contribution < 1.29 is 27.8 Å². The van der Waals surface area contributed by atoms with Gasteiger partial charge < -0.3 is 27.8 Å². The first-order valence-electron chi connectivity index (χ1n) is 27.4. The highest BCUT2D eigenvalue weighted by molar-refractivity contribution is 5.16. The lowest BCUT2D eigenvalue weighted by Gasteiger charge is -2.55. The van der Waals surface area contributed by atoms with Crippen LogP contribution < -0.4 is 12.4 Å². The van der Waals surface area contributed by atoms with Gasteiger partial charge in [0.25, 0.3) is 0 Å². The zero-order valence-corrected chi connectivity index (χ0v) is 43.5. The minimum atomic E-state index is 0. The molecule has 0 aliphatic carbocycles. The first-order chi connectivity index (χ1) is 28.5. The van der Waals surface area contributed by atoms with E-state index in [1.165, 1.54) is 281 Å². The van der Waals surface area contributed by atoms with Crippen molar-refractivity contribution in [2.45, 2.75) is 304 Å². The molecule has 3 nitrogen and oxygen atoms in total. The van der Waals surface area contributed by atoms with Crippen molar-refractivity contribution in [3.05, 3.63) is 35.9 Å². The highest BCUT2D eigenvalue weighted by Crippen LogP contribution is 2.40. The van der Waals surface area contributed by atoms with E-state index in [0.29, 0.717) is 0 Å². The third-order valence-electron chi connectivity index (χ3n) is 14.8. The summed E-state index contributed by atoms with van der Waals surface area (Å²) in [6.07, 6.45) is 57.3. The molecular formula is C57H114ClNO2. The van der Waals surface area contributed by atoms with Crippen LogP contribution in [-0.4, -0.2) is 40.6 Å². The highest BCUT2D eigenvalue weighted by Gasteiger charge is 2.47. The molecule has 0 fully saturated rings. The van der Waals surface area contributed by atoms with Gasteiger partial charge in [-0.2, -0.15) is 0 Å². The molecule has 1 atom stereocenters. The summed E-state index contributed by atoms with van der Waals surface area (Å²) < 4.78 is 1.40. The Labute approximate surface area is 391 Å². The molecule has 1 aromatic carbocycles. The summed E-state index contributed by atoms with van der Waals surface area (Å²) in [7, 11) is 0. The lowest BCUT2D eigenvalue weighted by Crippen LogP contribution is -3.00. The van der Waals surface area contributed by atoms with E-state index >= 15 is 0 Å². The van der Waals surface area contributed by atoms with E-state index in [1.54, 1.807) is 5.56 Å². The molecule has 0 aromatic heterocycles. The van der Waals surface area contributed by atoms with Crippen molar-refractivity contribution in [3.8, 4) is 0 Å². The van der Waals surface area contributed by atoms with E-state index in [-0.39, 0.29) is 28.9 Å². The van der Waals surface area contributed by atoms with E-state index in [9.17, 15) is 0 Å². The van der Waals surface area contributed by atoms with Crippen LogP contribution >= 0.6 is 0 Å². The smallest absolute Gasteiger partial charge is 0.0967 e. The molecular weight excluding hydrogens is 766 g/mol. The molecule has 0 aliphatic rings. The summed E-state index contributed by atoms with van der Waals surface area (Å²) in [5.41, 5.74) is 1.87. The Morgan fingerprint density at radius 1 is 0.361 bits per heavy atom. The molecule has 366 valence electrons. The standard InChI is InChI=1S/C57H110N.ClH.2H2O/c1-7-11-15-19-23-27-30-34-38-45-51-58(52-46-39-35-31-28-24-20-16-12-8-2,53-47-40-36-32-29-25-21-17-13-9-3)57(5,6)56(54-55-48-42-41-43-49-55)50-44-37-33-26-22-18-14-10-4;;;/h41-43,48-49,56H,7-40,44-47,50-54H2,1-6H3;1H;2*1H2/q+1;;;/p-1. The summed E-state index contributed by atoms with van der Waals surface area (Å²) >= 11 is 0. The Bertz CT molecular complexity index is 894. The zero-order chi connectivity index (χ0) is 42.1. The summed E-state index contributed by atoms with van der Waals surface area (Å²) in [5, 5.41) is 0. The molecule has 4 heteroatoms. The van der Waals surface area contributed by atoms with Gasteiger partial charge in [0.2, 0.25) is 0 Å². The average molecular weight is 881 g/mol. The Morgan fingerprint density at radius 2 is 0.607 bits per heavy atom. The van der Waals surface area contributed by atoms with Crippen LogP contribution in [0.3, 0.4) is 0 Å². The van der Waals surface area contributed by atoms with E-state index in [0.717, 1.165) is 5.92 Å². The molecule has 1 rings (SSSR count). The average Bonchev–Trinajstić information content (AvgIpc) is 3.23. The van der Waals surface area contributed by atoms with Gasteiger partial charge in [0.15, 0.2) is 0 Å². The second kappa shape index (κ2) is 47.4. The molecule has 0 radical (unpaired) electrons. The summed E-state index contributed by atoms with van der Waals surface area (Å²) in [5.74, 6) is 0.740. The molecule has 0 aliphatic heterocycles. The van der Waals surface area contributed by atoms with Crippen LogP contribution in [0.25, 0.3) is 0 Å². The fourth-order valence-electron chi connectivity index (χ4n) is 10.4. The first kappa shape index (κ1) is 64.7. The Hall–Kier alpha value is -0.610. The predicted molar refractivity (Wildman–Crippen MR) is 273 cm³/mol. The third kappa shape index (κ3) is 34.4. The molecule has 0 saturated heterocycles. The topological polar surface area (TPSA) is 63.0 Å². The fraction of sp³-hybridized carbons (Fsp3) is 0.895. The summed E-state index contributed by atoms with van der Waals surface area (Å²) in [6.45, 7) is 19.2. The number of hydrogen-bond acceptors (Lipinski definition) is 0. The van der Waals surface area contributed by atoms with Crippen molar-refractivity contribution in [2.75, 3.05) is 19.6 Å². The van der Waals surface area contributed by atoms with Gasteiger partial charge >= 0.3 is 0 Å². The van der Waals surface area contributed by atoms with E-state index in [2.05, 4.69) is 71.9 Å². The number of nitrogens with zero attached hydrogens (tertiary/aromatic N) is 1. The number of unbranched alkanes of at least 4 members (excludes halogenated alkanes) is 34. The molecule has 0 bridgehead atoms. The molecule has 0 spiro atoms. The first-order valence-corrected chi connectivity index (χ1v) is 27.4. The van der Waals surface area contributed by atoms with Crippen LogP contribution in [0.5, 0.6) is 0 Å². The molecule has 61 heavy (non-hydrogen) atoms. The van der Waals surface area contributed by atoms with Gasteiger partial charge in [-0.25, -0.2) is 0 Å². The van der Waals surface area contributed by atoms with E-state index < -0.39 is 0 Å². The number of benzene rings is 1. The van der Waals surface area contributed by atoms with Gasteiger partial charge in [-0.3, -0.25) is 0 Å². The second-order valence-electron chi connectivity index (χ2n) is 20.2. The van der Waals surface area contributed by atoms with Crippen molar-refractivity contribution >= 4 is 0 Å². The van der Waals surface area contributed by atoms with Crippen LogP contribution in [0.4, 0.5) is 0 Å². The van der Waals surface area contributed by atoms with Gasteiger partial charge in [-0.1, -0.05) is 263 Å². The molecule has 0 amide bonds. The lowest BCUT2D eigenvalue weighted by atomic mass is 9.75. The molecule has 1 unspecified atom stereocenters. The van der Waals surface area contributed by atoms with Gasteiger partial charge in [0, 0.05) is 5.92 Å². The van der Waals surface area contributed by atoms with Crippen molar-refractivity contribution in [3.63, 3.8) is 0 Å². The van der Waals surface area contributed by atoms with Crippen molar-refractivity contribution in [2.24, 2.45) is 5.92 Å². The Kier molecular flexibility index (Phi) is 50.2. The van der Waals surface area contributed by atoms with Crippen LogP contribution in [0.2, 0.25) is 0 Å². The van der Waals surface area contributed by atoms with Crippen molar-refractivity contribution in [1.29, 1.82) is 0 Å². The lowest BCUT2D eigenvalue weighted by molar-refractivity contribution is -0.977. The summed E-state index contributed by atoms with van der Waals surface area (Å²) in [6, 6.07) is 11.7. The van der Waals surface area contributed by atoms with Crippen molar-refractivity contribution in [1.82, 2.24) is 0 Å². The van der Waals surface area contributed by atoms with Crippen LogP contribution in [0.1, 0.15) is 298 Å². The normalized spacial score (nSPS) is 12.2. The Balaban J connectivity index is -0.0000112. The second-order valence-corrected chi connectivity index (χ2v) is 20.2. The largest absolute Gasteiger partial charge is 1.00 e. The fourth-order valence-corrected chi connectivity index (χ4v) is 10.4. The highest BCUT2D eigenvalue weighted by atomic mass is 35.5. The SMILES string of the molecule is CCCCCCCCCCCC[N+](CCCCCCCCCCCC)(CCCCCCCCCCCC)C(C)(C)C(CCCCCCCCCC)Cc1ccccc1.O.O.[Cl-]. The zero-order valence-electron chi connectivity index (χ0n) is 42.7. The third-order valence-corrected chi connectivity index (χ3v) is 14.8. The number of quaternary nitrogens is 1. The predicted octanol–water partition coefficient (Wildman–Crippen LogP) is 15.1. The molecule has 0 saturated carbocycles. The van der Waals surface area contributed by atoms with Gasteiger partial charge in [-0.15, -0.1) is 0 Å². The maximum atomic E-state index is 2.79. The molecule has 0 heterocycles. The maximum absolute atomic E-state index is 2.79. The van der Waals surface area contributed by atoms with Gasteiger partial charge in [-0.05, 0) is 70.8 Å². The Morgan fingerprint density at radius 3 is 0.885 bits per heavy atom. The minimum Gasteiger partial charge on any atom is -1.00 e. The molecule has 4 N–H and O–H groups in total. The minimum absolute atomic E-state index is 0. The van der Waals surface area contributed by atoms with Crippen LogP contribution in [-0.2, 0) is 6.42 Å². The maximum Gasteiger partial charge on any atom is 0.0967 e. The van der Waals surface area contributed by atoms with Gasteiger partial charge in [0.1, 0.15) is 0 Å².